The number of carboxylic acids is 1. The van der Waals surface area contributed by atoms with E-state index in [1.807, 2.05) is 13.8 Å². The number of carbonyl (C=O) groups is 1. The van der Waals surface area contributed by atoms with Crippen LogP contribution in [0, 0.1) is 5.82 Å². The van der Waals surface area contributed by atoms with Gasteiger partial charge in [0, 0.05) is 17.8 Å². The van der Waals surface area contributed by atoms with E-state index in [1.165, 1.54) is 24.3 Å². The van der Waals surface area contributed by atoms with Gasteiger partial charge in [-0.15, -0.1) is 0 Å². The highest BCUT2D eigenvalue weighted by atomic mass is 35.5. The number of carboxylic acid groups (broad SMARTS) is 1. The number of ether oxygens (including phenoxy) is 1. The van der Waals surface area contributed by atoms with Crippen molar-refractivity contribution in [3.8, 4) is 11.6 Å². The van der Waals surface area contributed by atoms with Crippen molar-refractivity contribution in [1.29, 1.82) is 0 Å². The summed E-state index contributed by atoms with van der Waals surface area (Å²) in [5.41, 5.74) is 0.650. The van der Waals surface area contributed by atoms with Crippen LogP contribution in [-0.4, -0.2) is 16.1 Å². The third-order valence-electron chi connectivity index (χ3n) is 2.77. The molecule has 4 nitrogen and oxygen atoms in total. The van der Waals surface area contributed by atoms with Crippen LogP contribution in [0.4, 0.5) is 4.39 Å². The average Bonchev–Trinajstić information content (AvgIpc) is 2.42. The molecule has 1 aromatic carbocycles. The van der Waals surface area contributed by atoms with E-state index in [0.717, 1.165) is 6.07 Å². The van der Waals surface area contributed by atoms with Crippen LogP contribution in [0.2, 0.25) is 5.02 Å². The van der Waals surface area contributed by atoms with Crippen molar-refractivity contribution in [2.75, 3.05) is 0 Å². The van der Waals surface area contributed by atoms with Gasteiger partial charge in [0.25, 0.3) is 0 Å². The summed E-state index contributed by atoms with van der Waals surface area (Å²) in [6, 6.07) is 6.74. The first kappa shape index (κ1) is 15.3. The minimum Gasteiger partial charge on any atom is -0.478 e. The van der Waals surface area contributed by atoms with Crippen LogP contribution in [0.15, 0.2) is 30.3 Å². The van der Waals surface area contributed by atoms with Crippen molar-refractivity contribution < 1.29 is 19.0 Å². The Hall–Kier alpha value is -2.14. The number of pyridine rings is 1. The van der Waals surface area contributed by atoms with Gasteiger partial charge in [-0.1, -0.05) is 25.4 Å². The molecule has 0 aliphatic heterocycles. The lowest BCUT2D eigenvalue weighted by Crippen LogP contribution is -2.03. The second-order valence-electron chi connectivity index (χ2n) is 4.76. The maximum atomic E-state index is 13.4. The Balaban J connectivity index is 2.38. The van der Waals surface area contributed by atoms with Gasteiger partial charge in [-0.3, -0.25) is 0 Å². The first-order chi connectivity index (χ1) is 9.86. The molecule has 0 unspecified atom stereocenters. The molecule has 1 heterocycles. The van der Waals surface area contributed by atoms with Crippen LogP contribution in [0.3, 0.4) is 0 Å². The van der Waals surface area contributed by atoms with Gasteiger partial charge in [-0.2, -0.15) is 0 Å². The molecule has 110 valence electrons. The highest BCUT2D eigenvalue weighted by molar-refractivity contribution is 6.30. The van der Waals surface area contributed by atoms with Crippen molar-refractivity contribution in [1.82, 2.24) is 4.98 Å². The number of aromatic nitrogens is 1. The standard InChI is InChI=1S/C15H13ClFNO3/c1-8(2)13-5-9(15(19)20)6-14(18-13)21-10-3-4-11(16)12(17)7-10/h3-8H,1-2H3,(H,19,20). The lowest BCUT2D eigenvalue weighted by Gasteiger charge is -2.10. The van der Waals surface area contributed by atoms with Crippen LogP contribution in [0.1, 0.15) is 35.8 Å². The number of halogens is 2. The van der Waals surface area contributed by atoms with Crippen LogP contribution >= 0.6 is 11.6 Å². The number of nitrogens with zero attached hydrogens (tertiary/aromatic N) is 1. The van der Waals surface area contributed by atoms with Crippen LogP contribution < -0.4 is 4.74 Å². The quantitative estimate of drug-likeness (QED) is 0.904. The zero-order valence-electron chi connectivity index (χ0n) is 11.4. The van der Waals surface area contributed by atoms with Crippen molar-refractivity contribution >= 4 is 17.6 Å². The fourth-order valence-corrected chi connectivity index (χ4v) is 1.78. The molecular formula is C15H13ClFNO3. The van der Waals surface area contributed by atoms with Gasteiger partial charge in [0.1, 0.15) is 11.6 Å². The van der Waals surface area contributed by atoms with E-state index in [2.05, 4.69) is 4.98 Å². The van der Waals surface area contributed by atoms with Crippen LogP contribution in [0.25, 0.3) is 0 Å². The van der Waals surface area contributed by atoms with Crippen molar-refractivity contribution in [2.24, 2.45) is 0 Å². The molecule has 0 atom stereocenters. The van der Waals surface area contributed by atoms with Gasteiger partial charge >= 0.3 is 5.97 Å². The maximum absolute atomic E-state index is 13.4. The van der Waals surface area contributed by atoms with Crippen LogP contribution in [-0.2, 0) is 0 Å². The third-order valence-corrected chi connectivity index (χ3v) is 3.08. The van der Waals surface area contributed by atoms with E-state index >= 15 is 0 Å². The Labute approximate surface area is 126 Å². The first-order valence-corrected chi connectivity index (χ1v) is 6.63. The van der Waals surface area contributed by atoms with Gasteiger partial charge in [-0.05, 0) is 24.1 Å². The molecule has 0 radical (unpaired) electrons. The van der Waals surface area contributed by atoms with E-state index < -0.39 is 11.8 Å². The normalized spacial score (nSPS) is 10.7. The fourth-order valence-electron chi connectivity index (χ4n) is 1.66. The summed E-state index contributed by atoms with van der Waals surface area (Å²) in [5, 5.41) is 9.09. The molecule has 0 bridgehead atoms. The molecule has 1 aromatic heterocycles. The Kier molecular flexibility index (Phi) is 4.43. The Morgan fingerprint density at radius 2 is 2.05 bits per heavy atom. The summed E-state index contributed by atoms with van der Waals surface area (Å²) < 4.78 is 18.8. The van der Waals surface area contributed by atoms with E-state index in [-0.39, 0.29) is 28.1 Å². The lowest BCUT2D eigenvalue weighted by molar-refractivity contribution is 0.0696. The highest BCUT2D eigenvalue weighted by Crippen LogP contribution is 2.26. The molecule has 2 rings (SSSR count). The largest absolute Gasteiger partial charge is 0.478 e. The van der Waals surface area contributed by atoms with Crippen molar-refractivity contribution in [3.63, 3.8) is 0 Å². The third kappa shape index (κ3) is 3.70. The van der Waals surface area contributed by atoms with Gasteiger partial charge in [0.15, 0.2) is 0 Å². The summed E-state index contributed by atoms with van der Waals surface area (Å²) in [4.78, 5) is 15.3. The summed E-state index contributed by atoms with van der Waals surface area (Å²) in [5.74, 6) is -1.37. The lowest BCUT2D eigenvalue weighted by atomic mass is 10.1. The molecule has 0 fully saturated rings. The zero-order chi connectivity index (χ0) is 15.6. The topological polar surface area (TPSA) is 59.4 Å². The highest BCUT2D eigenvalue weighted by Gasteiger charge is 2.12. The number of benzene rings is 1. The second-order valence-corrected chi connectivity index (χ2v) is 5.16. The van der Waals surface area contributed by atoms with E-state index in [4.69, 9.17) is 21.4 Å². The van der Waals surface area contributed by atoms with Crippen molar-refractivity contribution in [3.05, 3.63) is 52.4 Å². The number of rotatable bonds is 4. The molecule has 21 heavy (non-hydrogen) atoms. The molecule has 0 saturated heterocycles. The summed E-state index contributed by atoms with van der Waals surface area (Å²) in [6.07, 6.45) is 0. The van der Waals surface area contributed by atoms with E-state index in [1.54, 1.807) is 0 Å². The smallest absolute Gasteiger partial charge is 0.335 e. The number of aromatic carboxylic acids is 1. The fraction of sp³-hybridized carbons (Fsp3) is 0.200. The Bertz CT molecular complexity index is 689. The van der Waals surface area contributed by atoms with Crippen LogP contribution in [0.5, 0.6) is 11.6 Å². The average molecular weight is 310 g/mol. The number of hydrogen-bond donors (Lipinski definition) is 1. The Morgan fingerprint density at radius 3 is 2.62 bits per heavy atom. The summed E-state index contributed by atoms with van der Waals surface area (Å²) >= 11 is 5.59. The SMILES string of the molecule is CC(C)c1cc(C(=O)O)cc(Oc2ccc(Cl)c(F)c2)n1. The van der Waals surface area contributed by atoms with E-state index in [9.17, 15) is 9.18 Å². The predicted molar refractivity (Wildman–Crippen MR) is 76.8 cm³/mol. The molecule has 0 spiro atoms. The van der Waals surface area contributed by atoms with Crippen molar-refractivity contribution in [2.45, 2.75) is 19.8 Å². The second kappa shape index (κ2) is 6.10. The Morgan fingerprint density at radius 1 is 1.33 bits per heavy atom. The summed E-state index contributed by atoms with van der Waals surface area (Å²) in [7, 11) is 0. The number of hydrogen-bond acceptors (Lipinski definition) is 3. The first-order valence-electron chi connectivity index (χ1n) is 6.25. The zero-order valence-corrected chi connectivity index (χ0v) is 12.2. The summed E-state index contributed by atoms with van der Waals surface area (Å²) in [6.45, 7) is 3.78. The molecular weight excluding hydrogens is 297 g/mol. The van der Waals surface area contributed by atoms with Gasteiger partial charge in [-0.25, -0.2) is 14.2 Å². The molecule has 0 amide bonds. The predicted octanol–water partition coefficient (Wildman–Crippen LogP) is 4.49. The van der Waals surface area contributed by atoms with Gasteiger partial charge < -0.3 is 9.84 Å². The monoisotopic (exact) mass is 309 g/mol. The maximum Gasteiger partial charge on any atom is 0.335 e. The minimum absolute atomic E-state index is 0.0162. The minimum atomic E-state index is -1.08. The van der Waals surface area contributed by atoms with Gasteiger partial charge in [0.2, 0.25) is 5.88 Å². The molecule has 0 saturated carbocycles. The van der Waals surface area contributed by atoms with E-state index in [0.29, 0.717) is 5.69 Å². The molecule has 0 aliphatic rings. The molecule has 6 heteroatoms. The molecule has 2 aromatic rings. The molecule has 0 aliphatic carbocycles. The van der Waals surface area contributed by atoms with Gasteiger partial charge in [0.05, 0.1) is 10.6 Å². The molecule has 1 N–H and O–H groups in total.